The molecule has 1 N–H and O–H groups in total. The summed E-state index contributed by atoms with van der Waals surface area (Å²) < 4.78 is 19.7. The largest absolute Gasteiger partial charge is 0.459 e. The van der Waals surface area contributed by atoms with Gasteiger partial charge in [-0.2, -0.15) is 4.98 Å². The van der Waals surface area contributed by atoms with Crippen LogP contribution in [0.4, 0.5) is 10.3 Å². The van der Waals surface area contributed by atoms with Gasteiger partial charge in [0.1, 0.15) is 5.82 Å². The summed E-state index contributed by atoms with van der Waals surface area (Å²) >= 11 is 1.38. The van der Waals surface area contributed by atoms with Gasteiger partial charge in [0.2, 0.25) is 4.96 Å². The molecule has 0 spiro atoms. The Labute approximate surface area is 133 Å². The van der Waals surface area contributed by atoms with Crippen LogP contribution in [0.2, 0.25) is 0 Å². The van der Waals surface area contributed by atoms with Crippen molar-refractivity contribution in [2.24, 2.45) is 0 Å². The third-order valence-electron chi connectivity index (χ3n) is 3.19. The van der Waals surface area contributed by atoms with Crippen LogP contribution in [0.5, 0.6) is 0 Å². The number of benzene rings is 1. The fraction of sp³-hybridized carbons (Fsp3) is 0. The van der Waals surface area contributed by atoms with Crippen molar-refractivity contribution in [1.29, 1.82) is 0 Å². The summed E-state index contributed by atoms with van der Waals surface area (Å²) in [5.41, 5.74) is 1.59. The van der Waals surface area contributed by atoms with E-state index in [4.69, 9.17) is 4.42 Å². The first-order valence-corrected chi connectivity index (χ1v) is 7.54. The topological polar surface area (TPSA) is 72.4 Å². The molecule has 0 bridgehead atoms. The lowest BCUT2D eigenvalue weighted by atomic mass is 10.2. The zero-order valence-electron chi connectivity index (χ0n) is 11.6. The molecule has 4 rings (SSSR count). The van der Waals surface area contributed by atoms with E-state index in [-0.39, 0.29) is 17.5 Å². The average Bonchev–Trinajstić information content (AvgIpc) is 3.24. The number of hydrogen-bond acceptors (Lipinski definition) is 5. The van der Waals surface area contributed by atoms with E-state index in [9.17, 15) is 9.18 Å². The Bertz CT molecular complexity index is 973. The Morgan fingerprint density at radius 3 is 2.83 bits per heavy atom. The van der Waals surface area contributed by atoms with E-state index in [1.54, 1.807) is 28.8 Å². The quantitative estimate of drug-likeness (QED) is 0.625. The summed E-state index contributed by atoms with van der Waals surface area (Å²) in [5, 5.41) is 8.72. The Balaban J connectivity index is 1.66. The first kappa shape index (κ1) is 13.6. The monoisotopic (exact) mass is 328 g/mol. The van der Waals surface area contributed by atoms with E-state index in [2.05, 4.69) is 15.4 Å². The predicted octanol–water partition coefficient (Wildman–Crippen LogP) is 3.44. The van der Waals surface area contributed by atoms with Gasteiger partial charge in [0, 0.05) is 10.9 Å². The first-order chi connectivity index (χ1) is 11.2. The minimum absolute atomic E-state index is 0.182. The Morgan fingerprint density at radius 1 is 1.26 bits per heavy atom. The van der Waals surface area contributed by atoms with Crippen molar-refractivity contribution in [2.75, 3.05) is 5.32 Å². The van der Waals surface area contributed by atoms with Gasteiger partial charge in [0.05, 0.1) is 12.0 Å². The summed E-state index contributed by atoms with van der Waals surface area (Å²) in [6.07, 6.45) is 1.42. The van der Waals surface area contributed by atoms with Gasteiger partial charge in [-0.05, 0) is 36.4 Å². The highest BCUT2D eigenvalue weighted by molar-refractivity contribution is 7.15. The van der Waals surface area contributed by atoms with Crippen molar-refractivity contribution >= 4 is 28.2 Å². The smallest absolute Gasteiger partial charge is 0.293 e. The summed E-state index contributed by atoms with van der Waals surface area (Å²) in [7, 11) is 0. The number of amides is 1. The number of fused-ring (bicyclic) bond motifs is 1. The molecule has 0 saturated heterocycles. The first-order valence-electron chi connectivity index (χ1n) is 6.66. The van der Waals surface area contributed by atoms with Crippen LogP contribution >= 0.6 is 11.3 Å². The van der Waals surface area contributed by atoms with E-state index in [0.29, 0.717) is 4.96 Å². The van der Waals surface area contributed by atoms with Gasteiger partial charge in [-0.15, -0.1) is 16.4 Å². The number of carbonyl (C=O) groups excluding carboxylic acids is 1. The van der Waals surface area contributed by atoms with Crippen molar-refractivity contribution in [1.82, 2.24) is 14.6 Å². The summed E-state index contributed by atoms with van der Waals surface area (Å²) in [4.78, 5) is 16.8. The molecule has 114 valence electrons. The molecule has 3 aromatic heterocycles. The molecule has 1 amide bonds. The number of anilines is 1. The zero-order chi connectivity index (χ0) is 15.8. The molecule has 0 aliphatic rings. The molecule has 0 unspecified atom stereocenters. The minimum Gasteiger partial charge on any atom is -0.459 e. The maximum absolute atomic E-state index is 13.0. The molecule has 0 aliphatic carbocycles. The lowest BCUT2D eigenvalue weighted by molar-refractivity contribution is 0.0996. The normalized spacial score (nSPS) is 11.0. The maximum Gasteiger partial charge on any atom is 0.293 e. The zero-order valence-corrected chi connectivity index (χ0v) is 12.4. The molecule has 0 aliphatic heterocycles. The van der Waals surface area contributed by atoms with Crippen molar-refractivity contribution in [3.63, 3.8) is 0 Å². The summed E-state index contributed by atoms with van der Waals surface area (Å²) in [5.74, 6) is -0.356. The van der Waals surface area contributed by atoms with Crippen LogP contribution in [-0.2, 0) is 0 Å². The number of aromatic nitrogens is 3. The van der Waals surface area contributed by atoms with E-state index in [1.807, 2.05) is 5.38 Å². The van der Waals surface area contributed by atoms with Gasteiger partial charge in [-0.1, -0.05) is 0 Å². The number of halogens is 1. The third kappa shape index (κ3) is 2.49. The van der Waals surface area contributed by atoms with Gasteiger partial charge >= 0.3 is 0 Å². The van der Waals surface area contributed by atoms with Gasteiger partial charge in [-0.25, -0.2) is 8.91 Å². The molecule has 8 heteroatoms. The number of rotatable bonds is 3. The van der Waals surface area contributed by atoms with Crippen molar-refractivity contribution in [3.8, 4) is 11.3 Å². The van der Waals surface area contributed by atoms with Crippen molar-refractivity contribution < 1.29 is 13.6 Å². The molecule has 0 atom stereocenters. The lowest BCUT2D eigenvalue weighted by Gasteiger charge is -1.99. The highest BCUT2D eigenvalue weighted by atomic mass is 32.1. The maximum atomic E-state index is 13.0. The van der Waals surface area contributed by atoms with Crippen molar-refractivity contribution in [3.05, 3.63) is 59.6 Å². The summed E-state index contributed by atoms with van der Waals surface area (Å²) in [6.45, 7) is 0. The highest BCUT2D eigenvalue weighted by Crippen LogP contribution is 2.26. The van der Waals surface area contributed by atoms with Crippen LogP contribution in [0.25, 0.3) is 16.2 Å². The Hall–Kier alpha value is -3.00. The second-order valence-corrected chi connectivity index (χ2v) is 5.53. The van der Waals surface area contributed by atoms with Gasteiger partial charge in [0.25, 0.3) is 11.9 Å². The Kier molecular flexibility index (Phi) is 3.16. The average molecular weight is 328 g/mol. The number of thiazole rings is 1. The number of nitrogens with one attached hydrogen (secondary N) is 1. The second kappa shape index (κ2) is 5.33. The molecule has 23 heavy (non-hydrogen) atoms. The lowest BCUT2D eigenvalue weighted by Crippen LogP contribution is -2.12. The molecule has 1 aromatic carbocycles. The second-order valence-electron chi connectivity index (χ2n) is 4.69. The number of nitrogens with zero attached hydrogens (tertiary/aromatic N) is 3. The number of hydrogen-bond donors (Lipinski definition) is 1. The molecule has 0 radical (unpaired) electrons. The molecule has 0 saturated carbocycles. The Morgan fingerprint density at radius 2 is 2.09 bits per heavy atom. The highest BCUT2D eigenvalue weighted by Gasteiger charge is 2.15. The predicted molar refractivity (Wildman–Crippen MR) is 82.9 cm³/mol. The van der Waals surface area contributed by atoms with E-state index in [1.165, 1.54) is 29.7 Å². The van der Waals surface area contributed by atoms with E-state index >= 15 is 0 Å². The van der Waals surface area contributed by atoms with Crippen LogP contribution in [0.1, 0.15) is 10.6 Å². The molecular weight excluding hydrogens is 319 g/mol. The van der Waals surface area contributed by atoms with Crippen LogP contribution in [0.15, 0.2) is 52.5 Å². The van der Waals surface area contributed by atoms with E-state index in [0.717, 1.165) is 11.3 Å². The van der Waals surface area contributed by atoms with Gasteiger partial charge in [-0.3, -0.25) is 10.1 Å². The number of furan rings is 1. The van der Waals surface area contributed by atoms with Crippen LogP contribution < -0.4 is 5.32 Å². The molecule has 3 heterocycles. The molecule has 4 aromatic rings. The molecule has 6 nitrogen and oxygen atoms in total. The standard InChI is InChI=1S/C15H9FN4O2S/c16-10-5-3-9(4-6-10)11-8-23-15-18-14(19-20(11)15)17-13(21)12-2-1-7-22-12/h1-8H,(H,17,19,21). The van der Waals surface area contributed by atoms with Crippen LogP contribution in [-0.4, -0.2) is 20.5 Å². The SMILES string of the molecule is O=C(Nc1nc2scc(-c3ccc(F)cc3)n2n1)c1ccco1. The summed E-state index contributed by atoms with van der Waals surface area (Å²) in [6, 6.07) is 9.28. The van der Waals surface area contributed by atoms with E-state index < -0.39 is 5.91 Å². The van der Waals surface area contributed by atoms with Crippen LogP contribution in [0, 0.1) is 5.82 Å². The van der Waals surface area contributed by atoms with Gasteiger partial charge in [0.15, 0.2) is 5.76 Å². The fourth-order valence-corrected chi connectivity index (χ4v) is 2.96. The fourth-order valence-electron chi connectivity index (χ4n) is 2.12. The molecule has 0 fully saturated rings. The van der Waals surface area contributed by atoms with Crippen LogP contribution in [0.3, 0.4) is 0 Å². The molecular formula is C15H9FN4O2S. The number of carbonyl (C=O) groups is 1. The van der Waals surface area contributed by atoms with Gasteiger partial charge < -0.3 is 4.42 Å². The van der Waals surface area contributed by atoms with Crippen molar-refractivity contribution in [2.45, 2.75) is 0 Å². The minimum atomic E-state index is -0.420. The third-order valence-corrected chi connectivity index (χ3v) is 4.01.